The molecule has 0 radical (unpaired) electrons. The number of rotatable bonds is 12. The van der Waals surface area contributed by atoms with Gasteiger partial charge in [0.15, 0.2) is 0 Å². The highest BCUT2D eigenvalue weighted by Gasteiger charge is 2.35. The molecule has 0 bridgehead atoms. The van der Waals surface area contributed by atoms with E-state index in [-0.39, 0.29) is 6.61 Å². The number of hydrogen-bond donors (Lipinski definition) is 1. The average Bonchev–Trinajstić information content (AvgIpc) is 3.30. The first kappa shape index (κ1) is 25.6. The van der Waals surface area contributed by atoms with Crippen molar-refractivity contribution >= 4 is 23.7 Å². The van der Waals surface area contributed by atoms with E-state index < -0.39 is 12.0 Å². The van der Waals surface area contributed by atoms with E-state index in [1.165, 1.54) is 5.56 Å². The monoisotopic (exact) mass is 504 g/mol. The van der Waals surface area contributed by atoms with E-state index in [1.54, 1.807) is 22.5 Å². The van der Waals surface area contributed by atoms with Crippen LogP contribution in [-0.4, -0.2) is 39.7 Å². The van der Waals surface area contributed by atoms with Crippen LogP contribution < -0.4 is 10.1 Å². The van der Waals surface area contributed by atoms with Crippen molar-refractivity contribution in [3.63, 3.8) is 0 Å². The average molecular weight is 505 g/mol. The topological polar surface area (TPSA) is 78.3 Å². The Morgan fingerprint density at radius 2 is 1.97 bits per heavy atom. The summed E-state index contributed by atoms with van der Waals surface area (Å²) in [6, 6.07) is 17.6. The van der Waals surface area contributed by atoms with Crippen LogP contribution in [0.2, 0.25) is 0 Å². The van der Waals surface area contributed by atoms with Crippen LogP contribution in [0.4, 0.5) is 5.95 Å². The second-order valence-corrected chi connectivity index (χ2v) is 9.53. The number of hydrogen-bond acceptors (Lipinski definition) is 7. The first-order valence-electron chi connectivity index (χ1n) is 12.2. The quantitative estimate of drug-likeness (QED) is 0.144. The Hall–Kier alpha value is -3.52. The van der Waals surface area contributed by atoms with Gasteiger partial charge in [0.2, 0.25) is 11.1 Å². The molecule has 1 aliphatic rings. The van der Waals surface area contributed by atoms with Crippen molar-refractivity contribution in [2.24, 2.45) is 0 Å². The van der Waals surface area contributed by atoms with Gasteiger partial charge in [-0.15, -0.1) is 5.10 Å². The molecule has 2 heterocycles. The summed E-state index contributed by atoms with van der Waals surface area (Å²) in [5.74, 6) is 1.92. The number of fused-ring (bicyclic) bond motifs is 1. The van der Waals surface area contributed by atoms with E-state index in [1.807, 2.05) is 49.4 Å². The van der Waals surface area contributed by atoms with E-state index in [9.17, 15) is 4.79 Å². The maximum atomic E-state index is 13.1. The van der Waals surface area contributed by atoms with Gasteiger partial charge in [-0.2, -0.15) is 4.98 Å². The molecule has 1 unspecified atom stereocenters. The number of anilines is 1. The summed E-state index contributed by atoms with van der Waals surface area (Å²) in [6.45, 7) is 8.39. The number of allylic oxidation sites excluding steroid dienone is 1. The number of thioether (sulfide) groups is 1. The van der Waals surface area contributed by atoms with E-state index in [0.29, 0.717) is 29.0 Å². The van der Waals surface area contributed by atoms with E-state index >= 15 is 0 Å². The lowest BCUT2D eigenvalue weighted by atomic mass is 9.96. The van der Waals surface area contributed by atoms with Crippen LogP contribution in [0.3, 0.4) is 0 Å². The predicted molar refractivity (Wildman–Crippen MR) is 143 cm³/mol. The van der Waals surface area contributed by atoms with Gasteiger partial charge in [-0.3, -0.25) is 0 Å². The number of carbonyl (C=O) groups excluding carboxylic acids is 1. The van der Waals surface area contributed by atoms with Crippen LogP contribution in [0.1, 0.15) is 43.9 Å². The van der Waals surface area contributed by atoms with E-state index in [4.69, 9.17) is 14.6 Å². The van der Waals surface area contributed by atoms with Crippen LogP contribution in [0.15, 0.2) is 83.7 Å². The summed E-state index contributed by atoms with van der Waals surface area (Å²) in [5, 5.41) is 8.67. The maximum absolute atomic E-state index is 13.1. The molecule has 1 aromatic heterocycles. The number of nitrogens with zero attached hydrogens (tertiary/aromatic N) is 3. The van der Waals surface area contributed by atoms with Gasteiger partial charge in [0.1, 0.15) is 18.4 Å². The Kier molecular flexibility index (Phi) is 8.84. The molecule has 2 aromatic carbocycles. The third kappa shape index (κ3) is 6.18. The van der Waals surface area contributed by atoms with Crippen LogP contribution >= 0.6 is 11.8 Å². The molecule has 0 fully saturated rings. The normalized spacial score (nSPS) is 14.7. The fourth-order valence-corrected chi connectivity index (χ4v) is 4.88. The summed E-state index contributed by atoms with van der Waals surface area (Å²) >= 11 is 1.62. The first-order chi connectivity index (χ1) is 17.6. The molecule has 0 saturated heterocycles. The number of esters is 1. The molecule has 188 valence electrons. The molecule has 4 rings (SSSR count). The SMILES string of the molecule is C=CCOC(=O)C1=C(C)Nc2nc(SCCCC)nn2C1c1ccc(OCCc2ccccc2)cc1. The molecule has 7 nitrogen and oxygen atoms in total. The lowest BCUT2D eigenvalue weighted by molar-refractivity contribution is -0.138. The Morgan fingerprint density at radius 1 is 1.19 bits per heavy atom. The summed E-state index contributed by atoms with van der Waals surface area (Å²) in [5.41, 5.74) is 3.32. The molecular weight excluding hydrogens is 472 g/mol. The van der Waals surface area contributed by atoms with Crippen molar-refractivity contribution < 1.29 is 14.3 Å². The zero-order valence-corrected chi connectivity index (χ0v) is 21.6. The van der Waals surface area contributed by atoms with E-state index in [0.717, 1.165) is 36.3 Å². The summed E-state index contributed by atoms with van der Waals surface area (Å²) < 4.78 is 13.2. The van der Waals surface area contributed by atoms with Gasteiger partial charge in [0.05, 0.1) is 12.2 Å². The summed E-state index contributed by atoms with van der Waals surface area (Å²) in [4.78, 5) is 17.7. The van der Waals surface area contributed by atoms with Crippen molar-refractivity contribution in [3.05, 3.63) is 89.6 Å². The smallest absolute Gasteiger partial charge is 0.338 e. The Bertz CT molecular complexity index is 1210. The third-order valence-corrected chi connectivity index (χ3v) is 6.74. The fraction of sp³-hybridized carbons (Fsp3) is 0.321. The number of carbonyl (C=O) groups is 1. The van der Waals surface area contributed by atoms with Gasteiger partial charge in [-0.1, -0.05) is 80.2 Å². The molecule has 3 aromatic rings. The Labute approximate surface area is 216 Å². The predicted octanol–water partition coefficient (Wildman–Crippen LogP) is 5.81. The van der Waals surface area contributed by atoms with Gasteiger partial charge in [-0.25, -0.2) is 9.48 Å². The number of unbranched alkanes of at least 4 members (excludes halogenated alkanes) is 1. The number of benzene rings is 2. The van der Waals surface area contributed by atoms with Crippen molar-refractivity contribution in [1.82, 2.24) is 14.8 Å². The molecule has 0 saturated carbocycles. The minimum Gasteiger partial charge on any atom is -0.493 e. The van der Waals surface area contributed by atoms with Crippen LogP contribution in [0, 0.1) is 0 Å². The number of aromatic nitrogens is 3. The Balaban J connectivity index is 1.57. The number of ether oxygens (including phenoxy) is 2. The molecular formula is C28H32N4O3S. The molecule has 36 heavy (non-hydrogen) atoms. The second kappa shape index (κ2) is 12.4. The zero-order valence-electron chi connectivity index (χ0n) is 20.8. The fourth-order valence-electron chi connectivity index (χ4n) is 3.96. The van der Waals surface area contributed by atoms with Gasteiger partial charge < -0.3 is 14.8 Å². The summed E-state index contributed by atoms with van der Waals surface area (Å²) in [6.07, 6.45) is 4.59. The van der Waals surface area contributed by atoms with Crippen molar-refractivity contribution in [3.8, 4) is 5.75 Å². The molecule has 1 aliphatic heterocycles. The number of nitrogens with one attached hydrogen (secondary N) is 1. The lowest BCUT2D eigenvalue weighted by Crippen LogP contribution is -2.29. The Morgan fingerprint density at radius 3 is 2.69 bits per heavy atom. The van der Waals surface area contributed by atoms with E-state index in [2.05, 4.69) is 35.9 Å². The van der Waals surface area contributed by atoms with Crippen molar-refractivity contribution in [2.45, 2.75) is 44.3 Å². The van der Waals surface area contributed by atoms with Crippen LogP contribution in [-0.2, 0) is 16.0 Å². The third-order valence-electron chi connectivity index (χ3n) is 5.81. The second-order valence-electron chi connectivity index (χ2n) is 8.47. The van der Waals surface area contributed by atoms with Crippen LogP contribution in [0.25, 0.3) is 0 Å². The molecule has 1 N–H and O–H groups in total. The zero-order chi connectivity index (χ0) is 25.3. The highest BCUT2D eigenvalue weighted by Crippen LogP contribution is 2.37. The molecule has 1 atom stereocenters. The standard InChI is InChI=1S/C28H32N4O3S/c1-4-6-19-36-28-30-27-29-20(3)24(26(33)35-17-5-2)25(32(27)31-28)22-12-14-23(15-13-22)34-18-16-21-10-8-7-9-11-21/h5,7-15,25H,2,4,6,16-19H2,1,3H3,(H,29,30,31). The minimum atomic E-state index is -0.468. The highest BCUT2D eigenvalue weighted by molar-refractivity contribution is 7.99. The molecule has 0 amide bonds. The van der Waals surface area contributed by atoms with Crippen LogP contribution in [0.5, 0.6) is 5.75 Å². The van der Waals surface area contributed by atoms with Crippen molar-refractivity contribution in [2.75, 3.05) is 24.3 Å². The van der Waals surface area contributed by atoms with Gasteiger partial charge >= 0.3 is 5.97 Å². The molecule has 8 heteroatoms. The first-order valence-corrected chi connectivity index (χ1v) is 13.2. The lowest BCUT2D eigenvalue weighted by Gasteiger charge is -2.28. The largest absolute Gasteiger partial charge is 0.493 e. The highest BCUT2D eigenvalue weighted by atomic mass is 32.2. The summed E-state index contributed by atoms with van der Waals surface area (Å²) in [7, 11) is 0. The van der Waals surface area contributed by atoms with Gasteiger partial charge in [-0.05, 0) is 36.6 Å². The molecule has 0 spiro atoms. The molecule has 0 aliphatic carbocycles. The van der Waals surface area contributed by atoms with Gasteiger partial charge in [0.25, 0.3) is 0 Å². The maximum Gasteiger partial charge on any atom is 0.338 e. The van der Waals surface area contributed by atoms with Crippen molar-refractivity contribution in [1.29, 1.82) is 0 Å². The minimum absolute atomic E-state index is 0.138. The van der Waals surface area contributed by atoms with Gasteiger partial charge in [0, 0.05) is 17.9 Å².